The van der Waals surface area contributed by atoms with E-state index >= 15 is 0 Å². The third kappa shape index (κ3) is 2.86. The van der Waals surface area contributed by atoms with E-state index in [1.165, 1.54) is 0 Å². The van der Waals surface area contributed by atoms with Crippen LogP contribution >= 0.6 is 15.9 Å². The van der Waals surface area contributed by atoms with Gasteiger partial charge in [-0.05, 0) is 40.0 Å². The molecule has 2 rings (SSSR count). The molecule has 1 heterocycles. The maximum Gasteiger partial charge on any atom is 0.151 e. The molecule has 1 fully saturated rings. The zero-order valence-corrected chi connectivity index (χ0v) is 13.6. The number of benzene rings is 1. The van der Waals surface area contributed by atoms with E-state index in [2.05, 4.69) is 15.9 Å². The van der Waals surface area contributed by atoms with Gasteiger partial charge in [0.05, 0.1) is 29.2 Å². The van der Waals surface area contributed by atoms with Crippen molar-refractivity contribution in [3.63, 3.8) is 0 Å². The minimum Gasteiger partial charge on any atom is -0.496 e. The molecule has 1 aromatic rings. The lowest BCUT2D eigenvalue weighted by Gasteiger charge is -2.32. The average Bonchev–Trinajstić information content (AvgIpc) is 2.74. The van der Waals surface area contributed by atoms with Crippen LogP contribution in [0.2, 0.25) is 0 Å². The molecule has 2 unspecified atom stereocenters. The van der Waals surface area contributed by atoms with Gasteiger partial charge in [0.1, 0.15) is 5.75 Å². The van der Waals surface area contributed by atoms with Gasteiger partial charge in [0.15, 0.2) is 9.84 Å². The Morgan fingerprint density at radius 2 is 2.25 bits per heavy atom. The van der Waals surface area contributed by atoms with Gasteiger partial charge in [-0.15, -0.1) is 0 Å². The van der Waals surface area contributed by atoms with E-state index in [0.29, 0.717) is 22.2 Å². The molecule has 0 radical (unpaired) electrons. The fourth-order valence-corrected chi connectivity index (χ4v) is 5.35. The van der Waals surface area contributed by atoms with Gasteiger partial charge in [-0.2, -0.15) is 0 Å². The largest absolute Gasteiger partial charge is 0.496 e. The summed E-state index contributed by atoms with van der Waals surface area (Å²) in [4.78, 5) is 0. The molecule has 1 aliphatic heterocycles. The number of rotatable bonds is 4. The first-order valence-electron chi connectivity index (χ1n) is 6.25. The quantitative estimate of drug-likeness (QED) is 0.840. The van der Waals surface area contributed by atoms with Gasteiger partial charge < -0.3 is 15.6 Å². The number of methoxy groups -OCH3 is 1. The summed E-state index contributed by atoms with van der Waals surface area (Å²) >= 11 is 3.36. The standard InChI is InChI=1S/C13H18BrNO4S/c1-19-11-3-2-9(6-10(11)14)12(16)13(7-15)4-5-20(17,18)8-13/h2-3,6,12,16H,4-5,7-8,15H2,1H3. The Morgan fingerprint density at radius 1 is 1.55 bits per heavy atom. The van der Waals surface area contributed by atoms with Crippen LogP contribution in [-0.4, -0.2) is 38.7 Å². The summed E-state index contributed by atoms with van der Waals surface area (Å²) < 4.78 is 29.3. The maximum atomic E-state index is 11.7. The van der Waals surface area contributed by atoms with E-state index in [1.807, 2.05) is 0 Å². The van der Waals surface area contributed by atoms with Crippen molar-refractivity contribution in [3.05, 3.63) is 28.2 Å². The molecule has 1 aliphatic rings. The number of aliphatic hydroxyl groups is 1. The van der Waals surface area contributed by atoms with Crippen molar-refractivity contribution >= 4 is 25.8 Å². The summed E-state index contributed by atoms with van der Waals surface area (Å²) in [6.07, 6.45) is -0.525. The summed E-state index contributed by atoms with van der Waals surface area (Å²) in [7, 11) is -1.56. The summed E-state index contributed by atoms with van der Waals surface area (Å²) in [5.74, 6) is 0.668. The van der Waals surface area contributed by atoms with Crippen LogP contribution < -0.4 is 10.5 Å². The van der Waals surface area contributed by atoms with Crippen molar-refractivity contribution in [2.75, 3.05) is 25.2 Å². The first-order valence-corrected chi connectivity index (χ1v) is 8.87. The highest BCUT2D eigenvalue weighted by Gasteiger charge is 2.47. The molecule has 0 amide bonds. The first-order chi connectivity index (χ1) is 9.33. The number of halogens is 1. The van der Waals surface area contributed by atoms with Crippen LogP contribution in [0.1, 0.15) is 18.1 Å². The molecule has 1 saturated heterocycles. The first kappa shape index (κ1) is 15.8. The molecule has 5 nitrogen and oxygen atoms in total. The van der Waals surface area contributed by atoms with Crippen LogP contribution in [0.25, 0.3) is 0 Å². The molecular weight excluding hydrogens is 346 g/mol. The van der Waals surface area contributed by atoms with Crippen molar-refractivity contribution in [2.24, 2.45) is 11.1 Å². The van der Waals surface area contributed by atoms with Gasteiger partial charge in [0.2, 0.25) is 0 Å². The van der Waals surface area contributed by atoms with E-state index in [4.69, 9.17) is 10.5 Å². The summed E-state index contributed by atoms with van der Waals surface area (Å²) in [6, 6.07) is 5.21. The van der Waals surface area contributed by atoms with Crippen molar-refractivity contribution in [1.82, 2.24) is 0 Å². The Hall–Kier alpha value is -0.630. The Morgan fingerprint density at radius 3 is 2.70 bits per heavy atom. The van der Waals surface area contributed by atoms with E-state index in [1.54, 1.807) is 25.3 Å². The molecule has 7 heteroatoms. The van der Waals surface area contributed by atoms with E-state index < -0.39 is 21.4 Å². The second-order valence-corrected chi connectivity index (χ2v) is 8.24. The van der Waals surface area contributed by atoms with Crippen LogP contribution in [0.4, 0.5) is 0 Å². The van der Waals surface area contributed by atoms with Crippen molar-refractivity contribution in [2.45, 2.75) is 12.5 Å². The van der Waals surface area contributed by atoms with E-state index in [9.17, 15) is 13.5 Å². The maximum absolute atomic E-state index is 11.7. The molecule has 3 N–H and O–H groups in total. The smallest absolute Gasteiger partial charge is 0.151 e. The van der Waals surface area contributed by atoms with Gasteiger partial charge in [-0.1, -0.05) is 6.07 Å². The zero-order valence-electron chi connectivity index (χ0n) is 11.2. The van der Waals surface area contributed by atoms with Crippen LogP contribution in [-0.2, 0) is 9.84 Å². The highest BCUT2D eigenvalue weighted by atomic mass is 79.9. The SMILES string of the molecule is COc1ccc(C(O)C2(CN)CCS(=O)(=O)C2)cc1Br. The fraction of sp³-hybridized carbons (Fsp3) is 0.538. The monoisotopic (exact) mass is 363 g/mol. The van der Waals surface area contributed by atoms with Gasteiger partial charge >= 0.3 is 0 Å². The Bertz CT molecular complexity index is 604. The highest BCUT2D eigenvalue weighted by molar-refractivity contribution is 9.10. The molecule has 2 atom stereocenters. The Kier molecular flexibility index (Phi) is 4.44. The van der Waals surface area contributed by atoms with E-state index in [-0.39, 0.29) is 18.1 Å². The highest BCUT2D eigenvalue weighted by Crippen LogP contribution is 2.43. The topological polar surface area (TPSA) is 89.6 Å². The summed E-state index contributed by atoms with van der Waals surface area (Å²) in [5.41, 5.74) is 5.60. The Balaban J connectivity index is 2.34. The zero-order chi connectivity index (χ0) is 15.0. The third-order valence-corrected chi connectivity index (χ3v) is 6.36. The van der Waals surface area contributed by atoms with Crippen molar-refractivity contribution in [1.29, 1.82) is 0 Å². The van der Waals surface area contributed by atoms with Gasteiger partial charge in [0, 0.05) is 12.0 Å². The minimum atomic E-state index is -3.12. The molecule has 0 aromatic heterocycles. The minimum absolute atomic E-state index is 0.0681. The van der Waals surface area contributed by atoms with Gasteiger partial charge in [0.25, 0.3) is 0 Å². The normalized spacial score (nSPS) is 26.4. The lowest BCUT2D eigenvalue weighted by atomic mass is 9.78. The van der Waals surface area contributed by atoms with Crippen LogP contribution in [0.3, 0.4) is 0 Å². The molecule has 112 valence electrons. The summed E-state index contributed by atoms with van der Waals surface area (Å²) in [6.45, 7) is 0.136. The number of sulfone groups is 1. The predicted molar refractivity (Wildman–Crippen MR) is 80.4 cm³/mol. The van der Waals surface area contributed by atoms with Gasteiger partial charge in [-0.3, -0.25) is 0 Å². The number of hydrogen-bond acceptors (Lipinski definition) is 5. The molecule has 0 aliphatic carbocycles. The number of nitrogens with two attached hydrogens (primary N) is 1. The molecule has 1 aromatic carbocycles. The molecule has 0 bridgehead atoms. The molecule has 0 saturated carbocycles. The second kappa shape index (κ2) is 5.63. The van der Waals surface area contributed by atoms with Gasteiger partial charge in [-0.25, -0.2) is 8.42 Å². The van der Waals surface area contributed by atoms with Crippen molar-refractivity contribution in [3.8, 4) is 5.75 Å². The van der Waals surface area contributed by atoms with Crippen LogP contribution in [0.15, 0.2) is 22.7 Å². The number of ether oxygens (including phenoxy) is 1. The van der Waals surface area contributed by atoms with Crippen molar-refractivity contribution < 1.29 is 18.3 Å². The average molecular weight is 364 g/mol. The molecule has 20 heavy (non-hydrogen) atoms. The summed E-state index contributed by atoms with van der Waals surface area (Å²) in [5, 5.41) is 10.6. The lowest BCUT2D eigenvalue weighted by Crippen LogP contribution is -2.38. The second-order valence-electron chi connectivity index (χ2n) is 5.21. The van der Waals surface area contributed by atoms with Crippen LogP contribution in [0.5, 0.6) is 5.75 Å². The van der Waals surface area contributed by atoms with Crippen LogP contribution in [0, 0.1) is 5.41 Å². The number of hydrogen-bond donors (Lipinski definition) is 2. The number of aliphatic hydroxyl groups excluding tert-OH is 1. The molecular formula is C13H18BrNO4S. The fourth-order valence-electron chi connectivity index (χ4n) is 2.64. The Labute approximate surface area is 127 Å². The molecule has 0 spiro atoms. The third-order valence-electron chi connectivity index (χ3n) is 3.90. The van der Waals surface area contributed by atoms with E-state index in [0.717, 1.165) is 0 Å². The predicted octanol–water partition coefficient (Wildman–Crippen LogP) is 1.25. The lowest BCUT2D eigenvalue weighted by molar-refractivity contribution is 0.0471.